The number of carbonyl (C=O) groups excluding carboxylic acids is 2. The molecule has 2 amide bonds. The second-order valence-corrected chi connectivity index (χ2v) is 9.59. The van der Waals surface area contributed by atoms with Crippen LogP contribution in [0.3, 0.4) is 0 Å². The molecular formula is C22H20LiN9O5S. The van der Waals surface area contributed by atoms with Crippen LogP contribution in [-0.2, 0) is 27.9 Å². The van der Waals surface area contributed by atoms with Crippen molar-refractivity contribution < 1.29 is 41.6 Å². The number of aromatic nitrogens is 2. The maximum absolute atomic E-state index is 12.8. The van der Waals surface area contributed by atoms with Gasteiger partial charge in [0.1, 0.15) is 18.0 Å². The van der Waals surface area contributed by atoms with Crippen LogP contribution < -0.4 is 50.1 Å². The first-order valence-electron chi connectivity index (χ1n) is 10.9. The van der Waals surface area contributed by atoms with E-state index in [0.717, 1.165) is 18.0 Å². The molecule has 0 saturated heterocycles. The molecule has 3 aromatic rings. The Balaban J connectivity index is 0.00000336. The summed E-state index contributed by atoms with van der Waals surface area (Å²) in [5.41, 5.74) is 10.5. The Bertz CT molecular complexity index is 1500. The summed E-state index contributed by atoms with van der Waals surface area (Å²) >= 11 is 0. The van der Waals surface area contributed by atoms with Crippen molar-refractivity contribution in [3.8, 4) is 5.75 Å². The van der Waals surface area contributed by atoms with E-state index in [0.29, 0.717) is 28.4 Å². The van der Waals surface area contributed by atoms with E-state index in [4.69, 9.17) is 4.74 Å². The fourth-order valence-corrected chi connectivity index (χ4v) is 4.40. The molecule has 0 fully saturated rings. The molecule has 0 aliphatic carbocycles. The fraction of sp³-hybridized carbons (Fsp3) is 0.136. The Morgan fingerprint density at radius 2 is 1.87 bits per heavy atom. The Morgan fingerprint density at radius 1 is 1.08 bits per heavy atom. The number of hydrazone groups is 1. The van der Waals surface area contributed by atoms with Crippen LogP contribution in [0.5, 0.6) is 5.75 Å². The van der Waals surface area contributed by atoms with Crippen molar-refractivity contribution in [3.05, 3.63) is 82.6 Å². The second-order valence-electron chi connectivity index (χ2n) is 7.87. The monoisotopic (exact) mass is 529 g/mol. The Morgan fingerprint density at radius 3 is 2.63 bits per heavy atom. The van der Waals surface area contributed by atoms with Crippen molar-refractivity contribution >= 4 is 33.4 Å². The Labute approximate surface area is 229 Å². The van der Waals surface area contributed by atoms with E-state index in [9.17, 15) is 18.0 Å². The van der Waals surface area contributed by atoms with Crippen molar-refractivity contribution in [2.45, 2.75) is 18.1 Å². The molecule has 2 aliphatic heterocycles. The molecule has 0 spiro atoms. The first-order valence-corrected chi connectivity index (χ1v) is 12.4. The molecule has 0 saturated carbocycles. The van der Waals surface area contributed by atoms with Crippen LogP contribution in [0.2, 0.25) is 0 Å². The molecule has 0 atom stereocenters. The number of nitrogens with one attached hydrogen (secondary N) is 5. The van der Waals surface area contributed by atoms with Crippen LogP contribution >= 0.6 is 0 Å². The van der Waals surface area contributed by atoms with Gasteiger partial charge in [-0.05, 0) is 17.7 Å². The zero-order chi connectivity index (χ0) is 25.8. The van der Waals surface area contributed by atoms with E-state index in [1.165, 1.54) is 0 Å². The maximum atomic E-state index is 12.8. The first-order chi connectivity index (χ1) is 17.9. The molecule has 0 radical (unpaired) electrons. The summed E-state index contributed by atoms with van der Waals surface area (Å²) < 4.78 is 33.3. The molecule has 1 aromatic heterocycles. The Hall–Kier alpha value is -4.00. The molecule has 3 heterocycles. The molecular weight excluding hydrogens is 509 g/mol. The molecule has 0 bridgehead atoms. The van der Waals surface area contributed by atoms with Crippen molar-refractivity contribution in [2.24, 2.45) is 5.10 Å². The van der Waals surface area contributed by atoms with E-state index in [2.05, 4.69) is 46.9 Å². The molecule has 0 unspecified atom stereocenters. The van der Waals surface area contributed by atoms with Crippen molar-refractivity contribution in [3.63, 3.8) is 0 Å². The number of sulfonamides is 1. The number of amidine groups is 1. The number of rotatable bonds is 8. The molecule has 2 aromatic carbocycles. The van der Waals surface area contributed by atoms with Gasteiger partial charge in [-0.15, -0.1) is 17.2 Å². The summed E-state index contributed by atoms with van der Waals surface area (Å²) in [7, 11) is -4.03. The average molecular weight is 529 g/mol. The third-order valence-corrected chi connectivity index (χ3v) is 6.61. The molecule has 38 heavy (non-hydrogen) atoms. The smallest absolute Gasteiger partial charge is 0.644 e. The van der Waals surface area contributed by atoms with Crippen LogP contribution in [0.25, 0.3) is 5.32 Å². The number of amides is 2. The van der Waals surface area contributed by atoms with Crippen molar-refractivity contribution in [1.82, 2.24) is 31.2 Å². The number of benzene rings is 2. The van der Waals surface area contributed by atoms with E-state index in [1.807, 2.05) is 0 Å². The van der Waals surface area contributed by atoms with E-state index in [1.54, 1.807) is 42.5 Å². The summed E-state index contributed by atoms with van der Waals surface area (Å²) in [6.45, 7) is -0.0510. The molecule has 2 aliphatic rings. The molecule has 5 rings (SSSR count). The quantitative estimate of drug-likeness (QED) is 0.151. The van der Waals surface area contributed by atoms with Gasteiger partial charge in [-0.25, -0.2) is 28.6 Å². The minimum absolute atomic E-state index is 0. The standard InChI is InChI=1S/C22H21N9O5S.Li/c32-19-11-36-18-6-3-14(7-16(18)27-19)9-23-22(33)17-8-20(25-12-24-17)37(34,35)26-10-13-1-4-15(5-2-13)21-28-30-31-29-21;/h1-8,12,26H,9-11H2,(H5,23,24,25,27,28,29,30,31,32,33);/q;+1/p-1. The summed E-state index contributed by atoms with van der Waals surface area (Å²) in [5.74, 6) is 0.144. The van der Waals surface area contributed by atoms with Gasteiger partial charge in [0, 0.05) is 18.2 Å². The van der Waals surface area contributed by atoms with Gasteiger partial charge in [0.15, 0.2) is 17.5 Å². The normalized spacial score (nSPS) is 14.0. The van der Waals surface area contributed by atoms with E-state index >= 15 is 0 Å². The van der Waals surface area contributed by atoms with E-state index < -0.39 is 15.9 Å². The number of hydrogen-bond donors (Lipinski definition) is 5. The summed E-state index contributed by atoms with van der Waals surface area (Å²) in [6, 6.07) is 13.2. The predicted octanol–water partition coefficient (Wildman–Crippen LogP) is -2.72. The van der Waals surface area contributed by atoms with Crippen LogP contribution in [0.15, 0.2) is 65.0 Å². The number of anilines is 1. The first kappa shape index (κ1) is 27.0. The largest absolute Gasteiger partial charge is 1.00 e. The van der Waals surface area contributed by atoms with Crippen molar-refractivity contribution in [2.75, 3.05) is 11.9 Å². The van der Waals surface area contributed by atoms with Gasteiger partial charge < -0.3 is 20.2 Å². The van der Waals surface area contributed by atoms with Gasteiger partial charge in [-0.1, -0.05) is 35.9 Å². The molecule has 5 N–H and O–H groups in total. The minimum atomic E-state index is -4.03. The average Bonchev–Trinajstić information content (AvgIpc) is 3.46. The van der Waals surface area contributed by atoms with Crippen LogP contribution in [0.4, 0.5) is 5.69 Å². The van der Waals surface area contributed by atoms with Gasteiger partial charge in [-0.3, -0.25) is 10.2 Å². The summed E-state index contributed by atoms with van der Waals surface area (Å²) in [6.07, 6.45) is 0.995. The van der Waals surface area contributed by atoms with Crippen LogP contribution in [0.1, 0.15) is 27.2 Å². The van der Waals surface area contributed by atoms with Crippen molar-refractivity contribution in [1.29, 1.82) is 0 Å². The zero-order valence-corrected chi connectivity index (χ0v) is 20.9. The van der Waals surface area contributed by atoms with Gasteiger partial charge in [0.2, 0.25) is 0 Å². The zero-order valence-electron chi connectivity index (χ0n) is 20.1. The molecule has 14 nitrogen and oxygen atoms in total. The number of nitrogens with zero attached hydrogens (tertiary/aromatic N) is 4. The number of hydrogen-bond acceptors (Lipinski definition) is 11. The topological polar surface area (TPSA) is 190 Å². The predicted molar refractivity (Wildman–Crippen MR) is 130 cm³/mol. The SMILES string of the molecule is O=C1COc2ccc(C[N-]C(=O)c3cc(S(=O)(=O)NCc4ccc(C5=NNNN5)cc4)ncn3)cc2N1.[Li+]. The third kappa shape index (κ3) is 6.27. The van der Waals surface area contributed by atoms with E-state index in [-0.39, 0.29) is 55.2 Å². The van der Waals surface area contributed by atoms with Crippen LogP contribution in [0, 0.1) is 0 Å². The maximum Gasteiger partial charge on any atom is 1.00 e. The van der Waals surface area contributed by atoms with Gasteiger partial charge in [0.05, 0.1) is 11.4 Å². The number of fused-ring (bicyclic) bond motifs is 1. The van der Waals surface area contributed by atoms with Gasteiger partial charge in [-0.2, -0.15) is 0 Å². The minimum Gasteiger partial charge on any atom is -0.644 e. The third-order valence-electron chi connectivity index (χ3n) is 5.32. The Kier molecular flexibility index (Phi) is 8.25. The molecule has 16 heteroatoms. The summed E-state index contributed by atoms with van der Waals surface area (Å²) in [5, 5.41) is 10.3. The summed E-state index contributed by atoms with van der Waals surface area (Å²) in [4.78, 5) is 31.7. The van der Waals surface area contributed by atoms with Crippen LogP contribution in [-0.4, -0.2) is 42.6 Å². The second kappa shape index (κ2) is 11.6. The molecule has 190 valence electrons. The number of carbonyl (C=O) groups is 2. The fourth-order valence-electron chi connectivity index (χ4n) is 3.44. The number of hydrazine groups is 2. The van der Waals surface area contributed by atoms with Gasteiger partial charge >= 0.3 is 18.9 Å². The van der Waals surface area contributed by atoms with Gasteiger partial charge in [0.25, 0.3) is 15.9 Å². The number of ether oxygens (including phenoxy) is 1.